The second kappa shape index (κ2) is 6.44. The molecule has 4 N–H and O–H groups in total. The fraction of sp³-hybridized carbons (Fsp3) is 0.429. The van der Waals surface area contributed by atoms with E-state index in [1.807, 2.05) is 0 Å². The van der Waals surface area contributed by atoms with Crippen LogP contribution in [0.2, 0.25) is 0 Å². The highest BCUT2D eigenvalue weighted by Crippen LogP contribution is 2.43. The minimum Gasteiger partial charge on any atom is -0.508 e. The van der Waals surface area contributed by atoms with Crippen molar-refractivity contribution in [2.24, 2.45) is 5.92 Å². The van der Waals surface area contributed by atoms with Crippen molar-refractivity contribution < 1.29 is 32.9 Å². The first-order valence-electron chi connectivity index (χ1n) is 6.93. The lowest BCUT2D eigenvalue weighted by Crippen LogP contribution is -2.73. The summed E-state index contributed by atoms with van der Waals surface area (Å²) in [5, 5.41) is 23.3. The van der Waals surface area contributed by atoms with Crippen molar-refractivity contribution in [2.75, 3.05) is 6.61 Å². The van der Waals surface area contributed by atoms with Gasteiger partial charge in [0.25, 0.3) is 5.72 Å². The molecule has 1 fully saturated rings. The van der Waals surface area contributed by atoms with Gasteiger partial charge in [-0.05, 0) is 36.8 Å². The number of rotatable bonds is 3. The number of thiocarbonyl (C=S) groups is 1. The SMILES string of the molecule is CCOC(=O)[C@H]1[C@@H](c2ccc(O)cc2)NC(=S)N[C@@]1(O)C(F)(F)F. The van der Waals surface area contributed by atoms with Gasteiger partial charge in [0.15, 0.2) is 5.11 Å². The number of hydrogen-bond acceptors (Lipinski definition) is 5. The van der Waals surface area contributed by atoms with E-state index in [4.69, 9.17) is 17.0 Å². The maximum absolute atomic E-state index is 13.5. The van der Waals surface area contributed by atoms with Crippen LogP contribution in [-0.2, 0) is 9.53 Å². The van der Waals surface area contributed by atoms with E-state index in [0.29, 0.717) is 0 Å². The number of carbonyl (C=O) groups excluding carboxylic acids is 1. The lowest BCUT2D eigenvalue weighted by atomic mass is 9.82. The Kier molecular flexibility index (Phi) is 4.90. The summed E-state index contributed by atoms with van der Waals surface area (Å²) >= 11 is 4.75. The summed E-state index contributed by atoms with van der Waals surface area (Å²) in [4.78, 5) is 12.2. The van der Waals surface area contributed by atoms with Crippen molar-refractivity contribution in [2.45, 2.75) is 24.9 Å². The van der Waals surface area contributed by atoms with Crippen LogP contribution in [0.15, 0.2) is 24.3 Å². The van der Waals surface area contributed by atoms with E-state index in [2.05, 4.69) is 5.32 Å². The van der Waals surface area contributed by atoms with Gasteiger partial charge in [0, 0.05) is 0 Å². The van der Waals surface area contributed by atoms with E-state index in [0.717, 1.165) is 0 Å². The summed E-state index contributed by atoms with van der Waals surface area (Å²) in [5.74, 6) is -3.39. The Bertz CT molecular complexity index is 638. The van der Waals surface area contributed by atoms with Gasteiger partial charge in [-0.1, -0.05) is 12.1 Å². The molecular weight excluding hydrogens is 349 g/mol. The van der Waals surface area contributed by atoms with Crippen LogP contribution in [0.5, 0.6) is 5.75 Å². The lowest BCUT2D eigenvalue weighted by Gasteiger charge is -2.45. The fourth-order valence-electron chi connectivity index (χ4n) is 2.50. The van der Waals surface area contributed by atoms with Gasteiger partial charge in [0.1, 0.15) is 11.7 Å². The van der Waals surface area contributed by atoms with Gasteiger partial charge in [-0.15, -0.1) is 0 Å². The zero-order valence-electron chi connectivity index (χ0n) is 12.4. The van der Waals surface area contributed by atoms with Crippen molar-refractivity contribution in [1.29, 1.82) is 0 Å². The predicted octanol–water partition coefficient (Wildman–Crippen LogP) is 1.34. The quantitative estimate of drug-likeness (QED) is 0.475. The molecule has 0 aromatic heterocycles. The van der Waals surface area contributed by atoms with Crippen LogP contribution in [0, 0.1) is 5.92 Å². The molecule has 132 valence electrons. The van der Waals surface area contributed by atoms with E-state index in [1.54, 1.807) is 5.32 Å². The number of halogens is 3. The number of esters is 1. The van der Waals surface area contributed by atoms with Crippen LogP contribution in [0.1, 0.15) is 18.5 Å². The average molecular weight is 364 g/mol. The normalized spacial score (nSPS) is 27.1. The van der Waals surface area contributed by atoms with Crippen molar-refractivity contribution in [3.05, 3.63) is 29.8 Å². The van der Waals surface area contributed by atoms with Gasteiger partial charge >= 0.3 is 12.1 Å². The number of ether oxygens (including phenoxy) is 1. The number of hydrogen-bond donors (Lipinski definition) is 4. The summed E-state index contributed by atoms with van der Waals surface area (Å²) < 4.78 is 45.1. The maximum atomic E-state index is 13.5. The monoisotopic (exact) mass is 364 g/mol. The number of phenols is 1. The first-order valence-corrected chi connectivity index (χ1v) is 7.34. The Balaban J connectivity index is 2.55. The Hall–Kier alpha value is -2.07. The second-order valence-electron chi connectivity index (χ2n) is 5.16. The molecule has 1 aromatic rings. The van der Waals surface area contributed by atoms with Crippen molar-refractivity contribution in [3.8, 4) is 5.75 Å². The fourth-order valence-corrected chi connectivity index (χ4v) is 2.78. The molecule has 3 atom stereocenters. The van der Waals surface area contributed by atoms with Gasteiger partial charge in [0.05, 0.1) is 12.6 Å². The number of phenolic OH excluding ortho intramolecular Hbond substituents is 1. The molecule has 1 heterocycles. The van der Waals surface area contributed by atoms with Crippen molar-refractivity contribution >= 4 is 23.3 Å². The molecule has 0 unspecified atom stereocenters. The summed E-state index contributed by atoms with van der Waals surface area (Å²) in [5.41, 5.74) is -3.37. The topological polar surface area (TPSA) is 90.8 Å². The standard InChI is InChI=1S/C14H15F3N2O4S/c1-2-23-11(21)9-10(7-3-5-8(20)6-4-7)18-12(24)19-13(9,22)14(15,16)17/h3-6,9-10,20,22H,2H2,1H3,(H2,18,19,24)/t9-,10-,13+/m1/s1. The van der Waals surface area contributed by atoms with Gasteiger partial charge in [-0.2, -0.15) is 13.2 Å². The molecule has 0 spiro atoms. The lowest BCUT2D eigenvalue weighted by molar-refractivity contribution is -0.292. The van der Waals surface area contributed by atoms with Crippen LogP contribution in [0.25, 0.3) is 0 Å². The number of nitrogens with one attached hydrogen (secondary N) is 2. The highest BCUT2D eigenvalue weighted by molar-refractivity contribution is 7.80. The first-order chi connectivity index (χ1) is 11.1. The molecule has 0 amide bonds. The van der Waals surface area contributed by atoms with Gasteiger partial charge in [-0.25, -0.2) is 0 Å². The van der Waals surface area contributed by atoms with Gasteiger partial charge in [0.2, 0.25) is 0 Å². The molecule has 1 saturated heterocycles. The minimum absolute atomic E-state index is 0.103. The van der Waals surface area contributed by atoms with Crippen molar-refractivity contribution in [1.82, 2.24) is 10.6 Å². The Morgan fingerprint density at radius 3 is 2.46 bits per heavy atom. The van der Waals surface area contributed by atoms with Crippen LogP contribution in [-0.4, -0.2) is 39.8 Å². The third kappa shape index (κ3) is 3.24. The molecule has 0 saturated carbocycles. The minimum atomic E-state index is -5.19. The molecule has 10 heteroatoms. The molecule has 24 heavy (non-hydrogen) atoms. The number of benzene rings is 1. The summed E-state index contributed by atoms with van der Waals surface area (Å²) in [7, 11) is 0. The molecule has 6 nitrogen and oxygen atoms in total. The van der Waals surface area contributed by atoms with Gasteiger partial charge < -0.3 is 25.6 Å². The summed E-state index contributed by atoms with van der Waals surface area (Å²) in [6.45, 7) is 1.28. The number of aliphatic hydroxyl groups is 1. The third-order valence-corrected chi connectivity index (χ3v) is 3.82. The number of aromatic hydroxyl groups is 1. The smallest absolute Gasteiger partial charge is 0.437 e. The highest BCUT2D eigenvalue weighted by Gasteiger charge is 2.66. The van der Waals surface area contributed by atoms with Crippen LogP contribution in [0.4, 0.5) is 13.2 Å². The Morgan fingerprint density at radius 1 is 1.38 bits per heavy atom. The van der Waals surface area contributed by atoms with Crippen LogP contribution in [0.3, 0.4) is 0 Å². The third-order valence-electron chi connectivity index (χ3n) is 3.60. The maximum Gasteiger partial charge on any atom is 0.437 e. The van der Waals surface area contributed by atoms with E-state index in [1.165, 1.54) is 31.2 Å². The predicted molar refractivity (Wildman–Crippen MR) is 80.8 cm³/mol. The van der Waals surface area contributed by atoms with E-state index in [-0.39, 0.29) is 17.9 Å². The zero-order valence-corrected chi connectivity index (χ0v) is 13.2. The van der Waals surface area contributed by atoms with Crippen LogP contribution >= 0.6 is 12.2 Å². The second-order valence-corrected chi connectivity index (χ2v) is 5.57. The number of alkyl halides is 3. The molecule has 1 aromatic carbocycles. The largest absolute Gasteiger partial charge is 0.508 e. The zero-order chi connectivity index (χ0) is 18.1. The first kappa shape index (κ1) is 18.3. The number of carbonyl (C=O) groups is 1. The molecule has 1 aliphatic heterocycles. The highest BCUT2D eigenvalue weighted by atomic mass is 32.1. The van der Waals surface area contributed by atoms with E-state index >= 15 is 0 Å². The summed E-state index contributed by atoms with van der Waals surface area (Å²) in [6, 6.07) is 3.84. The van der Waals surface area contributed by atoms with Crippen molar-refractivity contribution in [3.63, 3.8) is 0 Å². The van der Waals surface area contributed by atoms with Crippen LogP contribution < -0.4 is 10.6 Å². The summed E-state index contributed by atoms with van der Waals surface area (Å²) in [6.07, 6.45) is -5.19. The van der Waals surface area contributed by atoms with E-state index < -0.39 is 34.9 Å². The molecule has 0 aliphatic carbocycles. The molecule has 2 rings (SSSR count). The molecular formula is C14H15F3N2O4S. The Morgan fingerprint density at radius 2 is 1.96 bits per heavy atom. The average Bonchev–Trinajstić information content (AvgIpc) is 2.46. The Labute approximate surface area is 140 Å². The van der Waals surface area contributed by atoms with Gasteiger partial charge in [-0.3, -0.25) is 4.79 Å². The molecule has 0 bridgehead atoms. The van der Waals surface area contributed by atoms with E-state index in [9.17, 15) is 28.2 Å². The molecule has 0 radical (unpaired) electrons. The molecule has 1 aliphatic rings.